The summed E-state index contributed by atoms with van der Waals surface area (Å²) in [7, 11) is 0. The highest BCUT2D eigenvalue weighted by atomic mass is 19.1. The maximum absolute atomic E-state index is 12.8. The Hall–Kier alpha value is -2.56. The lowest BCUT2D eigenvalue weighted by atomic mass is 10.1. The average Bonchev–Trinajstić information content (AvgIpc) is 2.55. The minimum atomic E-state index is -0.284. The molecule has 0 fully saturated rings. The van der Waals surface area contributed by atoms with Gasteiger partial charge in [-0.15, -0.1) is 0 Å². The second-order valence-corrected chi connectivity index (χ2v) is 5.21. The lowest BCUT2D eigenvalue weighted by Gasteiger charge is -2.09. The third kappa shape index (κ3) is 5.29. The molecule has 0 aliphatic rings. The molecular formula is C18H21FN2O2. The fourth-order valence-electron chi connectivity index (χ4n) is 2.19. The van der Waals surface area contributed by atoms with Crippen molar-refractivity contribution in [1.82, 2.24) is 5.32 Å². The number of hydrogen-bond acceptors (Lipinski definition) is 3. The normalized spacial score (nSPS) is 10.3. The molecule has 5 heteroatoms. The first-order valence-corrected chi connectivity index (χ1v) is 7.61. The van der Waals surface area contributed by atoms with Gasteiger partial charge < -0.3 is 15.8 Å². The smallest absolute Gasteiger partial charge is 0.220 e. The van der Waals surface area contributed by atoms with Crippen molar-refractivity contribution in [2.24, 2.45) is 0 Å². The van der Waals surface area contributed by atoms with Gasteiger partial charge >= 0.3 is 0 Å². The number of amides is 1. The lowest BCUT2D eigenvalue weighted by molar-refractivity contribution is -0.121. The van der Waals surface area contributed by atoms with Crippen LogP contribution in [0, 0.1) is 5.82 Å². The lowest BCUT2D eigenvalue weighted by Crippen LogP contribution is -2.23. The van der Waals surface area contributed by atoms with Gasteiger partial charge in [0.15, 0.2) is 0 Å². The summed E-state index contributed by atoms with van der Waals surface area (Å²) in [6.07, 6.45) is 0.973. The summed E-state index contributed by atoms with van der Waals surface area (Å²) >= 11 is 0. The maximum Gasteiger partial charge on any atom is 0.220 e. The van der Waals surface area contributed by atoms with Crippen LogP contribution in [0.2, 0.25) is 0 Å². The van der Waals surface area contributed by atoms with Crippen molar-refractivity contribution in [3.8, 4) is 5.75 Å². The largest absolute Gasteiger partial charge is 0.492 e. The molecule has 23 heavy (non-hydrogen) atoms. The molecule has 0 spiro atoms. The zero-order valence-corrected chi connectivity index (χ0v) is 13.1. The minimum Gasteiger partial charge on any atom is -0.492 e. The quantitative estimate of drug-likeness (QED) is 0.772. The van der Waals surface area contributed by atoms with Crippen molar-refractivity contribution in [1.29, 1.82) is 0 Å². The van der Waals surface area contributed by atoms with E-state index in [1.807, 2.05) is 25.1 Å². The highest BCUT2D eigenvalue weighted by Gasteiger charge is 2.05. The number of nitrogens with one attached hydrogen (secondary N) is 1. The van der Waals surface area contributed by atoms with Gasteiger partial charge in [-0.3, -0.25) is 4.79 Å². The van der Waals surface area contributed by atoms with Crippen LogP contribution < -0.4 is 15.8 Å². The molecule has 0 bridgehead atoms. The summed E-state index contributed by atoms with van der Waals surface area (Å²) in [6.45, 7) is 2.86. The van der Waals surface area contributed by atoms with Crippen molar-refractivity contribution < 1.29 is 13.9 Å². The van der Waals surface area contributed by atoms with Crippen LogP contribution in [0.4, 0.5) is 10.1 Å². The molecule has 0 atom stereocenters. The number of nitrogens with two attached hydrogens (primary N) is 1. The zero-order valence-electron chi connectivity index (χ0n) is 13.1. The summed E-state index contributed by atoms with van der Waals surface area (Å²) in [4.78, 5) is 11.9. The van der Waals surface area contributed by atoms with Gasteiger partial charge in [0, 0.05) is 13.0 Å². The molecule has 0 aliphatic heterocycles. The highest BCUT2D eigenvalue weighted by Crippen LogP contribution is 2.23. The Morgan fingerprint density at radius 1 is 1.17 bits per heavy atom. The Labute approximate surface area is 135 Å². The molecule has 2 aromatic carbocycles. The molecule has 0 aliphatic carbocycles. The SMILES string of the molecule is CCOc1ccc(CCC(=O)NCc2ccc(F)cc2)cc1N. The Bertz CT molecular complexity index is 657. The summed E-state index contributed by atoms with van der Waals surface area (Å²) in [5.41, 5.74) is 8.34. The van der Waals surface area contributed by atoms with Gasteiger partial charge in [0.1, 0.15) is 11.6 Å². The number of benzene rings is 2. The number of carbonyl (C=O) groups is 1. The van der Waals surface area contributed by atoms with Crippen LogP contribution in [0.15, 0.2) is 42.5 Å². The van der Waals surface area contributed by atoms with Crippen LogP contribution in [-0.4, -0.2) is 12.5 Å². The average molecular weight is 316 g/mol. The Morgan fingerprint density at radius 2 is 1.87 bits per heavy atom. The van der Waals surface area contributed by atoms with Gasteiger partial charge in [0.2, 0.25) is 5.91 Å². The second kappa shape index (κ2) is 8.17. The van der Waals surface area contributed by atoms with Crippen molar-refractivity contribution in [3.05, 3.63) is 59.4 Å². The maximum atomic E-state index is 12.8. The first-order chi connectivity index (χ1) is 11.1. The molecule has 2 rings (SSSR count). The third-order valence-corrected chi connectivity index (χ3v) is 3.42. The Balaban J connectivity index is 1.80. The molecular weight excluding hydrogens is 295 g/mol. The predicted molar refractivity (Wildman–Crippen MR) is 88.6 cm³/mol. The Morgan fingerprint density at radius 3 is 2.52 bits per heavy atom. The molecule has 1 amide bonds. The molecule has 3 N–H and O–H groups in total. The van der Waals surface area contributed by atoms with E-state index in [1.165, 1.54) is 12.1 Å². The van der Waals surface area contributed by atoms with Gasteiger partial charge in [-0.25, -0.2) is 4.39 Å². The predicted octanol–water partition coefficient (Wildman–Crippen LogP) is 3.06. The van der Waals surface area contributed by atoms with E-state index in [1.54, 1.807) is 12.1 Å². The number of rotatable bonds is 7. The minimum absolute atomic E-state index is 0.0539. The van der Waals surface area contributed by atoms with E-state index in [-0.39, 0.29) is 11.7 Å². The fraction of sp³-hybridized carbons (Fsp3) is 0.278. The van der Waals surface area contributed by atoms with Gasteiger partial charge in [-0.2, -0.15) is 0 Å². The van der Waals surface area contributed by atoms with Crippen LogP contribution in [0.5, 0.6) is 5.75 Å². The van der Waals surface area contributed by atoms with Gasteiger partial charge in [-0.1, -0.05) is 18.2 Å². The van der Waals surface area contributed by atoms with E-state index < -0.39 is 0 Å². The monoisotopic (exact) mass is 316 g/mol. The number of halogens is 1. The molecule has 0 aromatic heterocycles. The fourth-order valence-corrected chi connectivity index (χ4v) is 2.19. The first kappa shape index (κ1) is 16.8. The topological polar surface area (TPSA) is 64.3 Å². The van der Waals surface area contributed by atoms with Crippen LogP contribution >= 0.6 is 0 Å². The van der Waals surface area contributed by atoms with Gasteiger partial charge in [-0.05, 0) is 48.7 Å². The summed E-state index contributed by atoms with van der Waals surface area (Å²) < 4.78 is 18.2. The third-order valence-electron chi connectivity index (χ3n) is 3.42. The van der Waals surface area contributed by atoms with Crippen molar-refractivity contribution in [2.75, 3.05) is 12.3 Å². The molecule has 0 saturated carbocycles. The highest BCUT2D eigenvalue weighted by molar-refractivity contribution is 5.76. The van der Waals surface area contributed by atoms with Crippen molar-refractivity contribution in [3.63, 3.8) is 0 Å². The van der Waals surface area contributed by atoms with Gasteiger partial charge in [0.05, 0.1) is 12.3 Å². The molecule has 0 heterocycles. The number of carbonyl (C=O) groups excluding carboxylic acids is 1. The van der Waals surface area contributed by atoms with Crippen molar-refractivity contribution >= 4 is 11.6 Å². The molecule has 122 valence electrons. The van der Waals surface area contributed by atoms with E-state index in [9.17, 15) is 9.18 Å². The first-order valence-electron chi connectivity index (χ1n) is 7.61. The number of aryl methyl sites for hydroxylation is 1. The molecule has 0 radical (unpaired) electrons. The van der Waals surface area contributed by atoms with E-state index in [0.717, 1.165) is 11.1 Å². The van der Waals surface area contributed by atoms with E-state index in [4.69, 9.17) is 10.5 Å². The summed E-state index contributed by atoms with van der Waals surface area (Å²) in [6, 6.07) is 11.6. The molecule has 0 saturated heterocycles. The number of ether oxygens (including phenoxy) is 1. The molecule has 2 aromatic rings. The van der Waals surface area contributed by atoms with E-state index >= 15 is 0 Å². The van der Waals surface area contributed by atoms with Gasteiger partial charge in [0.25, 0.3) is 0 Å². The summed E-state index contributed by atoms with van der Waals surface area (Å²) in [5, 5.41) is 2.82. The number of hydrogen-bond donors (Lipinski definition) is 2. The molecule has 0 unspecified atom stereocenters. The van der Waals surface area contributed by atoms with E-state index in [2.05, 4.69) is 5.32 Å². The Kier molecular flexibility index (Phi) is 5.97. The van der Waals surface area contributed by atoms with Crippen molar-refractivity contribution in [2.45, 2.75) is 26.3 Å². The standard InChI is InChI=1S/C18H21FN2O2/c1-2-23-17-9-5-13(11-16(17)20)6-10-18(22)21-12-14-3-7-15(19)8-4-14/h3-5,7-9,11H,2,6,10,12,20H2,1H3,(H,21,22). The second-order valence-electron chi connectivity index (χ2n) is 5.21. The number of anilines is 1. The van der Waals surface area contributed by atoms with E-state index in [0.29, 0.717) is 37.4 Å². The van der Waals surface area contributed by atoms with Crippen LogP contribution in [-0.2, 0) is 17.8 Å². The van der Waals surface area contributed by atoms with Crippen LogP contribution in [0.3, 0.4) is 0 Å². The summed E-state index contributed by atoms with van der Waals surface area (Å²) in [5.74, 6) is 0.326. The number of nitrogen functional groups attached to an aromatic ring is 1. The van der Waals surface area contributed by atoms with Crippen LogP contribution in [0.25, 0.3) is 0 Å². The van der Waals surface area contributed by atoms with Crippen LogP contribution in [0.1, 0.15) is 24.5 Å². The zero-order chi connectivity index (χ0) is 16.7. The molecule has 4 nitrogen and oxygen atoms in total.